The van der Waals surface area contributed by atoms with Crippen molar-refractivity contribution in [2.24, 2.45) is 0 Å². The van der Waals surface area contributed by atoms with Crippen molar-refractivity contribution in [1.82, 2.24) is 14.8 Å². The summed E-state index contributed by atoms with van der Waals surface area (Å²) in [6.45, 7) is 6.40. The van der Waals surface area contributed by atoms with Crippen molar-refractivity contribution in [1.29, 1.82) is 0 Å². The van der Waals surface area contributed by atoms with Gasteiger partial charge in [-0.25, -0.2) is 4.98 Å². The number of aromatic nitrogens is 3. The number of nitrogen functional groups attached to an aromatic ring is 1. The molecule has 104 valence electrons. The second-order valence-corrected chi connectivity index (χ2v) is 6.75. The first-order chi connectivity index (χ1) is 9.13. The van der Waals surface area contributed by atoms with Gasteiger partial charge in [-0.2, -0.15) is 5.10 Å². The molecule has 0 aromatic carbocycles. The normalized spacial score (nSPS) is 11.4. The molecule has 0 saturated carbocycles. The molecular formula is C13H20N4S2. The van der Waals surface area contributed by atoms with Crippen molar-refractivity contribution in [3.05, 3.63) is 23.7 Å². The van der Waals surface area contributed by atoms with Crippen molar-refractivity contribution in [2.45, 2.75) is 49.6 Å². The molecule has 2 heterocycles. The predicted octanol–water partition coefficient (Wildman–Crippen LogP) is 3.88. The van der Waals surface area contributed by atoms with Gasteiger partial charge in [0.05, 0.1) is 21.6 Å². The van der Waals surface area contributed by atoms with Crippen molar-refractivity contribution >= 4 is 28.2 Å². The zero-order chi connectivity index (χ0) is 13.8. The highest BCUT2D eigenvalue weighted by molar-refractivity contribution is 8.00. The first-order valence-electron chi connectivity index (χ1n) is 6.53. The molecule has 2 aromatic rings. The van der Waals surface area contributed by atoms with Crippen LogP contribution >= 0.6 is 23.1 Å². The molecule has 2 aromatic heterocycles. The van der Waals surface area contributed by atoms with Crippen LogP contribution in [-0.4, -0.2) is 14.8 Å². The second kappa shape index (κ2) is 6.43. The summed E-state index contributed by atoms with van der Waals surface area (Å²) in [4.78, 5) is 4.23. The second-order valence-electron chi connectivity index (χ2n) is 4.47. The maximum Gasteiger partial charge on any atom is 0.181 e. The largest absolute Gasteiger partial charge is 0.375 e. The Morgan fingerprint density at radius 2 is 2.16 bits per heavy atom. The summed E-state index contributed by atoms with van der Waals surface area (Å²) in [5.74, 6) is 0.871. The first-order valence-corrected chi connectivity index (χ1v) is 8.34. The summed E-state index contributed by atoms with van der Waals surface area (Å²) in [7, 11) is 0. The lowest BCUT2D eigenvalue weighted by Crippen LogP contribution is -2.07. The maximum absolute atomic E-state index is 5.70. The first kappa shape index (κ1) is 14.4. The highest BCUT2D eigenvalue weighted by atomic mass is 32.2. The Morgan fingerprint density at radius 3 is 2.74 bits per heavy atom. The van der Waals surface area contributed by atoms with Crippen LogP contribution in [0.4, 0.5) is 5.13 Å². The lowest BCUT2D eigenvalue weighted by atomic mass is 10.2. The fourth-order valence-corrected chi connectivity index (χ4v) is 3.92. The Bertz CT molecular complexity index is 528. The number of rotatable bonds is 6. The topological polar surface area (TPSA) is 56.7 Å². The van der Waals surface area contributed by atoms with Crippen LogP contribution in [0, 0.1) is 6.92 Å². The summed E-state index contributed by atoms with van der Waals surface area (Å²) in [5, 5.41) is 5.29. The van der Waals surface area contributed by atoms with E-state index in [1.165, 1.54) is 4.21 Å². The third kappa shape index (κ3) is 3.51. The molecule has 0 aliphatic rings. The van der Waals surface area contributed by atoms with Gasteiger partial charge in [-0.3, -0.25) is 4.68 Å². The molecule has 0 atom stereocenters. The van der Waals surface area contributed by atoms with E-state index in [1.54, 1.807) is 23.1 Å². The molecule has 0 bridgehead atoms. The fraction of sp³-hybridized carbons (Fsp3) is 0.538. The SMILES string of the molecule is CCC(CC)n1ccc(CSc2sc(N)nc2C)n1. The van der Waals surface area contributed by atoms with Gasteiger partial charge in [-0.1, -0.05) is 25.2 Å². The molecule has 0 aliphatic heterocycles. The zero-order valence-electron chi connectivity index (χ0n) is 11.6. The molecule has 0 unspecified atom stereocenters. The summed E-state index contributed by atoms with van der Waals surface area (Å²) in [6, 6.07) is 2.62. The minimum absolute atomic E-state index is 0.513. The fourth-order valence-electron chi connectivity index (χ4n) is 2.00. The molecule has 0 amide bonds. The Morgan fingerprint density at radius 1 is 1.42 bits per heavy atom. The Hall–Kier alpha value is -1.01. The van der Waals surface area contributed by atoms with Crippen LogP contribution in [0.1, 0.15) is 44.1 Å². The zero-order valence-corrected chi connectivity index (χ0v) is 13.2. The van der Waals surface area contributed by atoms with E-state index in [4.69, 9.17) is 5.73 Å². The van der Waals surface area contributed by atoms with Crippen LogP contribution in [0.25, 0.3) is 0 Å². The van der Waals surface area contributed by atoms with Gasteiger partial charge < -0.3 is 5.73 Å². The Labute approximate surface area is 122 Å². The minimum Gasteiger partial charge on any atom is -0.375 e. The average Bonchev–Trinajstić information content (AvgIpc) is 2.96. The predicted molar refractivity (Wildman–Crippen MR) is 82.7 cm³/mol. The number of aryl methyl sites for hydroxylation is 1. The molecule has 0 radical (unpaired) electrons. The number of thioether (sulfide) groups is 1. The molecule has 2 rings (SSSR count). The van der Waals surface area contributed by atoms with E-state index in [1.807, 2.05) is 6.92 Å². The number of anilines is 1. The molecule has 6 heteroatoms. The Kier molecular flexibility index (Phi) is 4.87. The summed E-state index contributed by atoms with van der Waals surface area (Å²) < 4.78 is 3.28. The maximum atomic E-state index is 5.70. The van der Waals surface area contributed by atoms with Gasteiger partial charge in [0.15, 0.2) is 5.13 Å². The van der Waals surface area contributed by atoms with E-state index < -0.39 is 0 Å². The molecule has 2 N–H and O–H groups in total. The molecule has 0 spiro atoms. The van der Waals surface area contributed by atoms with Crippen molar-refractivity contribution < 1.29 is 0 Å². The van der Waals surface area contributed by atoms with Gasteiger partial charge in [-0.05, 0) is 25.8 Å². The summed E-state index contributed by atoms with van der Waals surface area (Å²) >= 11 is 3.31. The van der Waals surface area contributed by atoms with E-state index in [-0.39, 0.29) is 0 Å². The van der Waals surface area contributed by atoms with E-state index in [0.29, 0.717) is 11.2 Å². The molecule has 0 saturated heterocycles. The molecule has 0 aliphatic carbocycles. The van der Waals surface area contributed by atoms with Gasteiger partial charge in [0, 0.05) is 11.9 Å². The number of nitrogens with zero attached hydrogens (tertiary/aromatic N) is 3. The number of hydrogen-bond donors (Lipinski definition) is 1. The van der Waals surface area contributed by atoms with E-state index >= 15 is 0 Å². The van der Waals surface area contributed by atoms with Crippen LogP contribution in [0.3, 0.4) is 0 Å². The van der Waals surface area contributed by atoms with Gasteiger partial charge in [0.25, 0.3) is 0 Å². The van der Waals surface area contributed by atoms with Crippen molar-refractivity contribution in [3.63, 3.8) is 0 Å². The number of hydrogen-bond acceptors (Lipinski definition) is 5. The summed E-state index contributed by atoms with van der Waals surface area (Å²) in [5.41, 5.74) is 7.84. The van der Waals surface area contributed by atoms with Gasteiger partial charge >= 0.3 is 0 Å². The van der Waals surface area contributed by atoms with E-state index in [0.717, 1.165) is 30.0 Å². The van der Waals surface area contributed by atoms with Gasteiger partial charge in [0.1, 0.15) is 0 Å². The van der Waals surface area contributed by atoms with Crippen LogP contribution in [0.2, 0.25) is 0 Å². The highest BCUT2D eigenvalue weighted by Crippen LogP contribution is 2.32. The third-order valence-electron chi connectivity index (χ3n) is 3.10. The van der Waals surface area contributed by atoms with Gasteiger partial charge in [-0.15, -0.1) is 11.8 Å². The quantitative estimate of drug-likeness (QED) is 0.822. The number of nitrogens with two attached hydrogens (primary N) is 1. The number of thiazole rings is 1. The summed E-state index contributed by atoms with van der Waals surface area (Å²) in [6.07, 6.45) is 4.33. The Balaban J connectivity index is 1.98. The molecular weight excluding hydrogens is 276 g/mol. The lowest BCUT2D eigenvalue weighted by molar-refractivity contribution is 0.426. The monoisotopic (exact) mass is 296 g/mol. The van der Waals surface area contributed by atoms with Crippen molar-refractivity contribution in [2.75, 3.05) is 5.73 Å². The van der Waals surface area contributed by atoms with E-state index in [9.17, 15) is 0 Å². The molecule has 0 fully saturated rings. The lowest BCUT2D eigenvalue weighted by Gasteiger charge is -2.12. The standard InChI is InChI=1S/C13H20N4S2/c1-4-11(5-2)17-7-6-10(16-17)8-18-12-9(3)15-13(14)19-12/h6-7,11H,4-5,8H2,1-3H3,(H2,14,15). The molecule has 19 heavy (non-hydrogen) atoms. The van der Waals surface area contributed by atoms with Crippen molar-refractivity contribution in [3.8, 4) is 0 Å². The highest BCUT2D eigenvalue weighted by Gasteiger charge is 2.10. The van der Waals surface area contributed by atoms with Crippen LogP contribution in [0.15, 0.2) is 16.5 Å². The smallest absolute Gasteiger partial charge is 0.181 e. The third-order valence-corrected chi connectivity index (χ3v) is 5.48. The van der Waals surface area contributed by atoms with Crippen LogP contribution < -0.4 is 5.73 Å². The van der Waals surface area contributed by atoms with Crippen LogP contribution in [-0.2, 0) is 5.75 Å². The van der Waals surface area contributed by atoms with Gasteiger partial charge in [0.2, 0.25) is 0 Å². The minimum atomic E-state index is 0.513. The molecule has 4 nitrogen and oxygen atoms in total. The average molecular weight is 296 g/mol. The van der Waals surface area contributed by atoms with Crippen LogP contribution in [0.5, 0.6) is 0 Å². The van der Waals surface area contributed by atoms with E-state index in [2.05, 4.69) is 40.9 Å².